The van der Waals surface area contributed by atoms with Crippen LogP contribution in [0.15, 0.2) is 6.20 Å². The van der Waals surface area contributed by atoms with E-state index in [0.717, 1.165) is 6.20 Å². The van der Waals surface area contributed by atoms with E-state index in [1.54, 1.807) is 6.07 Å². The summed E-state index contributed by atoms with van der Waals surface area (Å²) in [5.41, 5.74) is -0.325. The van der Waals surface area contributed by atoms with Gasteiger partial charge in [-0.05, 0) is 0 Å². The zero-order valence-corrected chi connectivity index (χ0v) is 9.11. The maximum Gasteiger partial charge on any atom is 0.266 e. The Bertz CT molecular complexity index is 390. The van der Waals surface area contributed by atoms with Crippen molar-refractivity contribution in [1.82, 2.24) is 4.98 Å². The second-order valence-corrected chi connectivity index (χ2v) is 3.33. The van der Waals surface area contributed by atoms with Crippen LogP contribution in [0.25, 0.3) is 0 Å². The van der Waals surface area contributed by atoms with Gasteiger partial charge in [-0.2, -0.15) is 5.26 Å². The second-order valence-electron chi connectivity index (χ2n) is 2.39. The van der Waals surface area contributed by atoms with Gasteiger partial charge in [0.2, 0.25) is 0 Å². The van der Waals surface area contributed by atoms with E-state index in [-0.39, 0.29) is 15.9 Å². The van der Waals surface area contributed by atoms with Crippen molar-refractivity contribution in [2.75, 3.05) is 0 Å². The van der Waals surface area contributed by atoms with Crippen LogP contribution in [0.2, 0.25) is 5.02 Å². The molecule has 0 spiro atoms. The van der Waals surface area contributed by atoms with Gasteiger partial charge in [-0.3, -0.25) is 4.98 Å². The SMILES string of the molecule is N#Cc1cnc(CBr)c(Cl)c1C(F)F. The number of nitrogens with zero attached hydrogens (tertiary/aromatic N) is 2. The van der Waals surface area contributed by atoms with Crippen LogP contribution in [-0.4, -0.2) is 4.98 Å². The lowest BCUT2D eigenvalue weighted by Gasteiger charge is -2.07. The Morgan fingerprint density at radius 1 is 1.64 bits per heavy atom. The molecule has 0 unspecified atom stereocenters. The average Bonchev–Trinajstić information content (AvgIpc) is 2.16. The molecular weight excluding hydrogens is 277 g/mol. The summed E-state index contributed by atoms with van der Waals surface area (Å²) in [6.45, 7) is 0. The van der Waals surface area contributed by atoms with Crippen LogP contribution < -0.4 is 0 Å². The average molecular weight is 281 g/mol. The van der Waals surface area contributed by atoms with Crippen LogP contribution in [0.1, 0.15) is 23.2 Å². The third-order valence-electron chi connectivity index (χ3n) is 1.59. The standard InChI is InChI=1S/C8H4BrClF2N2/c9-1-5-7(10)6(8(11)12)4(2-13)3-14-5/h3,8H,1H2. The summed E-state index contributed by atoms with van der Waals surface area (Å²) in [7, 11) is 0. The van der Waals surface area contributed by atoms with Crippen LogP contribution in [0.4, 0.5) is 8.78 Å². The summed E-state index contributed by atoms with van der Waals surface area (Å²) in [5.74, 6) is 0. The summed E-state index contributed by atoms with van der Waals surface area (Å²) in [6.07, 6.45) is -1.66. The highest BCUT2D eigenvalue weighted by Gasteiger charge is 2.20. The maximum atomic E-state index is 12.5. The van der Waals surface area contributed by atoms with Crippen molar-refractivity contribution in [2.24, 2.45) is 0 Å². The number of rotatable bonds is 2. The minimum Gasteiger partial charge on any atom is -0.257 e. The highest BCUT2D eigenvalue weighted by Crippen LogP contribution is 2.32. The van der Waals surface area contributed by atoms with Gasteiger partial charge in [-0.15, -0.1) is 0 Å². The number of aromatic nitrogens is 1. The Morgan fingerprint density at radius 3 is 2.71 bits per heavy atom. The molecule has 0 fully saturated rings. The number of nitriles is 1. The molecular formula is C8H4BrClF2N2. The van der Waals surface area contributed by atoms with Crippen molar-refractivity contribution in [1.29, 1.82) is 5.26 Å². The van der Waals surface area contributed by atoms with Crippen molar-refractivity contribution in [3.05, 3.63) is 28.0 Å². The topological polar surface area (TPSA) is 36.7 Å². The van der Waals surface area contributed by atoms with Gasteiger partial charge in [0.05, 0.1) is 21.8 Å². The van der Waals surface area contributed by atoms with Gasteiger partial charge in [0.15, 0.2) is 0 Å². The molecule has 1 rings (SSSR count). The fraction of sp³-hybridized carbons (Fsp3) is 0.250. The van der Waals surface area contributed by atoms with Gasteiger partial charge in [-0.25, -0.2) is 8.78 Å². The molecule has 0 aliphatic carbocycles. The largest absolute Gasteiger partial charge is 0.266 e. The Labute approximate surface area is 92.6 Å². The minimum atomic E-state index is -2.77. The predicted molar refractivity (Wildman–Crippen MR) is 51.6 cm³/mol. The quantitative estimate of drug-likeness (QED) is 0.779. The fourth-order valence-electron chi connectivity index (χ4n) is 0.938. The Hall–Kier alpha value is -0.730. The van der Waals surface area contributed by atoms with E-state index in [0.29, 0.717) is 5.69 Å². The van der Waals surface area contributed by atoms with Crippen LogP contribution in [0.5, 0.6) is 0 Å². The fourth-order valence-corrected chi connectivity index (χ4v) is 1.82. The normalized spacial score (nSPS) is 10.3. The van der Waals surface area contributed by atoms with E-state index in [4.69, 9.17) is 16.9 Å². The molecule has 0 radical (unpaired) electrons. The van der Waals surface area contributed by atoms with Gasteiger partial charge in [0, 0.05) is 11.5 Å². The second kappa shape index (κ2) is 4.67. The van der Waals surface area contributed by atoms with Crippen LogP contribution in [-0.2, 0) is 5.33 Å². The molecule has 0 bridgehead atoms. The molecule has 1 heterocycles. The maximum absolute atomic E-state index is 12.5. The molecule has 6 heteroatoms. The summed E-state index contributed by atoms with van der Waals surface area (Å²) in [5, 5.41) is 8.69. The summed E-state index contributed by atoms with van der Waals surface area (Å²) in [4.78, 5) is 3.78. The first-order valence-electron chi connectivity index (χ1n) is 3.53. The first-order valence-corrected chi connectivity index (χ1v) is 5.03. The summed E-state index contributed by atoms with van der Waals surface area (Å²) < 4.78 is 25.0. The highest BCUT2D eigenvalue weighted by atomic mass is 79.9. The number of hydrogen-bond acceptors (Lipinski definition) is 2. The van der Waals surface area contributed by atoms with E-state index in [1.165, 1.54) is 0 Å². The van der Waals surface area contributed by atoms with E-state index in [2.05, 4.69) is 20.9 Å². The molecule has 14 heavy (non-hydrogen) atoms. The van der Waals surface area contributed by atoms with Crippen molar-refractivity contribution >= 4 is 27.5 Å². The number of hydrogen-bond donors (Lipinski definition) is 0. The highest BCUT2D eigenvalue weighted by molar-refractivity contribution is 9.08. The number of halogens is 4. The molecule has 2 nitrogen and oxygen atoms in total. The molecule has 0 saturated heterocycles. The smallest absolute Gasteiger partial charge is 0.257 e. The van der Waals surface area contributed by atoms with Gasteiger partial charge >= 0.3 is 0 Å². The Kier molecular flexibility index (Phi) is 3.78. The van der Waals surface area contributed by atoms with Crippen molar-refractivity contribution in [3.8, 4) is 6.07 Å². The molecule has 0 atom stereocenters. The van der Waals surface area contributed by atoms with E-state index in [9.17, 15) is 8.78 Å². The lowest BCUT2D eigenvalue weighted by Crippen LogP contribution is -1.98. The molecule has 0 saturated carbocycles. The van der Waals surface area contributed by atoms with Crippen molar-refractivity contribution in [2.45, 2.75) is 11.8 Å². The van der Waals surface area contributed by atoms with Gasteiger partial charge in [0.1, 0.15) is 6.07 Å². The molecule has 1 aromatic heterocycles. The lowest BCUT2D eigenvalue weighted by molar-refractivity contribution is 0.151. The molecule has 1 aromatic rings. The van der Waals surface area contributed by atoms with E-state index < -0.39 is 12.0 Å². The minimum absolute atomic E-state index is 0.143. The van der Waals surface area contributed by atoms with E-state index >= 15 is 0 Å². The Balaban J connectivity index is 3.41. The first kappa shape index (κ1) is 11.3. The number of pyridine rings is 1. The van der Waals surface area contributed by atoms with Crippen LogP contribution in [0, 0.1) is 11.3 Å². The molecule has 0 aromatic carbocycles. The monoisotopic (exact) mass is 280 g/mol. The first-order chi connectivity index (χ1) is 6.61. The third-order valence-corrected chi connectivity index (χ3v) is 2.55. The Morgan fingerprint density at radius 2 is 2.29 bits per heavy atom. The van der Waals surface area contributed by atoms with E-state index in [1.807, 2.05) is 0 Å². The molecule has 0 amide bonds. The van der Waals surface area contributed by atoms with Gasteiger partial charge < -0.3 is 0 Å². The zero-order valence-electron chi connectivity index (χ0n) is 6.77. The van der Waals surface area contributed by atoms with Gasteiger partial charge in [-0.1, -0.05) is 27.5 Å². The van der Waals surface area contributed by atoms with Gasteiger partial charge in [0.25, 0.3) is 6.43 Å². The third kappa shape index (κ3) is 2.02. The predicted octanol–water partition coefficient (Wildman–Crippen LogP) is 3.44. The summed E-state index contributed by atoms with van der Waals surface area (Å²) in [6, 6.07) is 1.63. The summed E-state index contributed by atoms with van der Waals surface area (Å²) >= 11 is 8.73. The molecule has 0 aliphatic heterocycles. The van der Waals surface area contributed by atoms with Crippen LogP contribution >= 0.6 is 27.5 Å². The van der Waals surface area contributed by atoms with Crippen molar-refractivity contribution in [3.63, 3.8) is 0 Å². The molecule has 74 valence electrons. The zero-order chi connectivity index (χ0) is 10.7. The molecule has 0 N–H and O–H groups in total. The number of alkyl halides is 3. The lowest BCUT2D eigenvalue weighted by atomic mass is 10.1. The van der Waals surface area contributed by atoms with Crippen LogP contribution in [0.3, 0.4) is 0 Å². The van der Waals surface area contributed by atoms with Crippen molar-refractivity contribution < 1.29 is 8.78 Å². The molecule has 0 aliphatic rings.